The number of hydrogen-bond acceptors (Lipinski definition) is 3. The first-order chi connectivity index (χ1) is 5.92. The summed E-state index contributed by atoms with van der Waals surface area (Å²) < 4.78 is 5.52. The lowest BCUT2D eigenvalue weighted by molar-refractivity contribution is 0.318. The van der Waals surface area contributed by atoms with Crippen LogP contribution >= 0.6 is 0 Å². The third-order valence-electron chi connectivity index (χ3n) is 1.98. The van der Waals surface area contributed by atoms with Crippen molar-refractivity contribution in [3.63, 3.8) is 0 Å². The average molecular weight is 164 g/mol. The number of pyridine rings is 1. The van der Waals surface area contributed by atoms with E-state index in [2.05, 4.69) is 17.2 Å². The Morgan fingerprint density at radius 3 is 3.42 bits per heavy atom. The van der Waals surface area contributed by atoms with E-state index in [1.807, 2.05) is 12.3 Å². The smallest absolute Gasteiger partial charge is 0.163 e. The van der Waals surface area contributed by atoms with Crippen LogP contribution in [0.1, 0.15) is 12.6 Å². The van der Waals surface area contributed by atoms with Crippen LogP contribution in [0.3, 0.4) is 0 Å². The molecule has 0 bridgehead atoms. The van der Waals surface area contributed by atoms with E-state index in [-0.39, 0.29) is 0 Å². The number of ether oxygens (including phenoxy) is 1. The predicted octanol–water partition coefficient (Wildman–Crippen LogP) is 1.45. The summed E-state index contributed by atoms with van der Waals surface area (Å²) in [6, 6.07) is 1.95. The van der Waals surface area contributed by atoms with E-state index < -0.39 is 0 Å². The van der Waals surface area contributed by atoms with Crippen molar-refractivity contribution in [3.8, 4) is 5.75 Å². The Morgan fingerprint density at radius 2 is 2.58 bits per heavy atom. The molecule has 0 atom stereocenters. The normalized spacial score (nSPS) is 14.4. The molecule has 0 saturated heterocycles. The van der Waals surface area contributed by atoms with Gasteiger partial charge < -0.3 is 10.1 Å². The van der Waals surface area contributed by atoms with E-state index in [0.717, 1.165) is 36.7 Å². The van der Waals surface area contributed by atoms with Crippen LogP contribution in [0.2, 0.25) is 0 Å². The Balaban J connectivity index is 2.44. The summed E-state index contributed by atoms with van der Waals surface area (Å²) in [5.74, 6) is 0.936. The lowest BCUT2D eigenvalue weighted by atomic mass is 10.2. The Morgan fingerprint density at radius 1 is 1.67 bits per heavy atom. The number of hydrogen-bond donors (Lipinski definition) is 1. The second-order valence-corrected chi connectivity index (χ2v) is 2.76. The number of nitrogens with one attached hydrogen (secondary N) is 1. The van der Waals surface area contributed by atoms with Crippen molar-refractivity contribution in [1.82, 2.24) is 4.98 Å². The number of aryl methyl sites for hydroxylation is 1. The van der Waals surface area contributed by atoms with E-state index >= 15 is 0 Å². The van der Waals surface area contributed by atoms with Gasteiger partial charge in [-0.25, -0.2) is 0 Å². The molecule has 0 spiro atoms. The third kappa shape index (κ3) is 1.11. The molecule has 12 heavy (non-hydrogen) atoms. The summed E-state index contributed by atoms with van der Waals surface area (Å²) in [5, 5.41) is 3.27. The fourth-order valence-corrected chi connectivity index (χ4v) is 1.38. The standard InChI is InChI=1S/C9H12N2O/c1-2-7-9-8(3-4-10-7)11-5-6-12-9/h3-4,11H,2,5-6H2,1H3. The topological polar surface area (TPSA) is 34.1 Å². The number of nitrogens with zero attached hydrogens (tertiary/aromatic N) is 1. The van der Waals surface area contributed by atoms with Crippen LogP contribution in [-0.2, 0) is 6.42 Å². The van der Waals surface area contributed by atoms with Crippen LogP contribution in [0.4, 0.5) is 5.69 Å². The molecule has 0 fully saturated rings. The van der Waals surface area contributed by atoms with E-state index in [4.69, 9.17) is 4.74 Å². The van der Waals surface area contributed by atoms with Crippen LogP contribution in [0, 0.1) is 0 Å². The summed E-state index contributed by atoms with van der Waals surface area (Å²) in [4.78, 5) is 4.25. The quantitative estimate of drug-likeness (QED) is 0.682. The molecule has 0 aliphatic carbocycles. The molecule has 0 saturated carbocycles. The molecule has 0 radical (unpaired) electrons. The third-order valence-corrected chi connectivity index (χ3v) is 1.98. The summed E-state index contributed by atoms with van der Waals surface area (Å²) >= 11 is 0. The van der Waals surface area contributed by atoms with Crippen molar-refractivity contribution in [1.29, 1.82) is 0 Å². The van der Waals surface area contributed by atoms with Crippen molar-refractivity contribution in [2.75, 3.05) is 18.5 Å². The van der Waals surface area contributed by atoms with E-state index in [1.165, 1.54) is 0 Å². The second kappa shape index (κ2) is 3.01. The molecule has 1 aliphatic heterocycles. The number of anilines is 1. The van der Waals surface area contributed by atoms with Gasteiger partial charge >= 0.3 is 0 Å². The fourth-order valence-electron chi connectivity index (χ4n) is 1.38. The summed E-state index contributed by atoms with van der Waals surface area (Å²) in [7, 11) is 0. The van der Waals surface area contributed by atoms with Crippen LogP contribution in [0.5, 0.6) is 5.75 Å². The minimum Gasteiger partial charge on any atom is -0.488 e. The molecule has 3 nitrogen and oxygen atoms in total. The van der Waals surface area contributed by atoms with Gasteiger partial charge in [0.2, 0.25) is 0 Å². The minimum atomic E-state index is 0.742. The van der Waals surface area contributed by atoms with Crippen molar-refractivity contribution in [3.05, 3.63) is 18.0 Å². The average Bonchev–Trinajstić information content (AvgIpc) is 2.17. The van der Waals surface area contributed by atoms with Gasteiger partial charge in [-0.05, 0) is 12.5 Å². The molecule has 3 heteroatoms. The summed E-state index contributed by atoms with van der Waals surface area (Å²) in [6.07, 6.45) is 2.74. The zero-order chi connectivity index (χ0) is 8.39. The second-order valence-electron chi connectivity index (χ2n) is 2.76. The summed E-state index contributed by atoms with van der Waals surface area (Å²) in [6.45, 7) is 3.71. The maximum atomic E-state index is 5.52. The molecule has 64 valence electrons. The van der Waals surface area contributed by atoms with Gasteiger partial charge in [-0.3, -0.25) is 4.98 Å². The Bertz CT molecular complexity index is 272. The molecule has 2 heterocycles. The Labute approximate surface area is 71.8 Å². The highest BCUT2D eigenvalue weighted by Crippen LogP contribution is 2.29. The van der Waals surface area contributed by atoms with Gasteiger partial charge in [-0.2, -0.15) is 0 Å². The monoisotopic (exact) mass is 164 g/mol. The first-order valence-electron chi connectivity index (χ1n) is 4.26. The van der Waals surface area contributed by atoms with Crippen molar-refractivity contribution in [2.45, 2.75) is 13.3 Å². The molecule has 1 aliphatic rings. The van der Waals surface area contributed by atoms with E-state index in [0.29, 0.717) is 0 Å². The van der Waals surface area contributed by atoms with Crippen molar-refractivity contribution >= 4 is 5.69 Å². The van der Waals surface area contributed by atoms with Gasteiger partial charge in [-0.1, -0.05) is 6.92 Å². The Kier molecular flexibility index (Phi) is 1.86. The number of rotatable bonds is 1. The molecule has 2 rings (SSSR count). The van der Waals surface area contributed by atoms with Gasteiger partial charge in [0.15, 0.2) is 5.75 Å². The molecule has 1 aromatic heterocycles. The van der Waals surface area contributed by atoms with Gasteiger partial charge in [-0.15, -0.1) is 0 Å². The van der Waals surface area contributed by atoms with Crippen LogP contribution in [-0.4, -0.2) is 18.1 Å². The van der Waals surface area contributed by atoms with Crippen LogP contribution in [0.25, 0.3) is 0 Å². The van der Waals surface area contributed by atoms with Crippen molar-refractivity contribution in [2.24, 2.45) is 0 Å². The molecule has 1 aromatic rings. The van der Waals surface area contributed by atoms with Gasteiger partial charge in [0.25, 0.3) is 0 Å². The van der Waals surface area contributed by atoms with Crippen molar-refractivity contribution < 1.29 is 4.74 Å². The maximum Gasteiger partial charge on any atom is 0.163 e. The highest BCUT2D eigenvalue weighted by atomic mass is 16.5. The largest absolute Gasteiger partial charge is 0.488 e. The maximum absolute atomic E-state index is 5.52. The first-order valence-corrected chi connectivity index (χ1v) is 4.26. The molecule has 0 amide bonds. The number of aromatic nitrogens is 1. The van der Waals surface area contributed by atoms with E-state index in [1.54, 1.807) is 0 Å². The zero-order valence-corrected chi connectivity index (χ0v) is 7.13. The molecule has 0 aromatic carbocycles. The number of fused-ring (bicyclic) bond motifs is 1. The summed E-state index contributed by atoms with van der Waals surface area (Å²) in [5.41, 5.74) is 2.12. The predicted molar refractivity (Wildman–Crippen MR) is 47.6 cm³/mol. The van der Waals surface area contributed by atoms with Gasteiger partial charge in [0.1, 0.15) is 6.61 Å². The SMILES string of the molecule is CCc1nccc2c1OCCN2. The van der Waals surface area contributed by atoms with Gasteiger partial charge in [0.05, 0.1) is 11.4 Å². The van der Waals surface area contributed by atoms with Crippen LogP contribution in [0.15, 0.2) is 12.3 Å². The molecule has 0 unspecified atom stereocenters. The molecule has 1 N–H and O–H groups in total. The van der Waals surface area contributed by atoms with Gasteiger partial charge in [0, 0.05) is 12.7 Å². The fraction of sp³-hybridized carbons (Fsp3) is 0.444. The lowest BCUT2D eigenvalue weighted by Crippen LogP contribution is -2.19. The van der Waals surface area contributed by atoms with E-state index in [9.17, 15) is 0 Å². The highest BCUT2D eigenvalue weighted by Gasteiger charge is 2.12. The molecular formula is C9H12N2O. The molecular weight excluding hydrogens is 152 g/mol. The zero-order valence-electron chi connectivity index (χ0n) is 7.13. The minimum absolute atomic E-state index is 0.742. The Hall–Kier alpha value is -1.25. The lowest BCUT2D eigenvalue weighted by Gasteiger charge is -2.20. The first kappa shape index (κ1) is 7.40. The van der Waals surface area contributed by atoms with Crippen LogP contribution < -0.4 is 10.1 Å². The highest BCUT2D eigenvalue weighted by molar-refractivity contribution is 5.59.